The highest BCUT2D eigenvalue weighted by molar-refractivity contribution is 7.18. The van der Waals surface area contributed by atoms with Gasteiger partial charge in [0.2, 0.25) is 5.88 Å². The molecule has 0 unspecified atom stereocenters. The van der Waals surface area contributed by atoms with Crippen LogP contribution in [0.25, 0.3) is 10.2 Å². The second-order valence-electron chi connectivity index (χ2n) is 9.91. The van der Waals surface area contributed by atoms with Crippen LogP contribution in [0.4, 0.5) is 13.2 Å². The lowest BCUT2D eigenvalue weighted by Gasteiger charge is -2.31. The Bertz CT molecular complexity index is 1270. The molecule has 1 aromatic carbocycles. The number of carbonyl (C=O) groups is 1. The van der Waals surface area contributed by atoms with Gasteiger partial charge in [0.15, 0.2) is 6.61 Å². The third kappa shape index (κ3) is 7.00. The maximum Gasteiger partial charge on any atom is 0.422 e. The number of amides is 1. The van der Waals surface area contributed by atoms with Gasteiger partial charge in [-0.1, -0.05) is 6.07 Å². The monoisotopic (exact) mass is 548 g/mol. The Kier molecular flexibility index (Phi) is 8.15. The molecule has 1 N–H and O–H groups in total. The number of aryl methyl sites for hydroxylation is 1. The number of fused-ring (bicyclic) bond motifs is 2. The molecule has 2 aliphatic heterocycles. The fourth-order valence-electron chi connectivity index (χ4n) is 4.99. The van der Waals surface area contributed by atoms with Crippen molar-refractivity contribution in [1.29, 1.82) is 0 Å². The minimum atomic E-state index is -4.38. The third-order valence-corrected chi connectivity index (χ3v) is 7.95. The van der Waals surface area contributed by atoms with Crippen molar-refractivity contribution < 1.29 is 27.4 Å². The van der Waals surface area contributed by atoms with E-state index in [1.54, 1.807) is 11.3 Å². The fourth-order valence-corrected chi connectivity index (χ4v) is 5.86. The number of thiazole rings is 1. The Hall–Kier alpha value is -2.76. The predicted molar refractivity (Wildman–Crippen MR) is 139 cm³/mol. The van der Waals surface area contributed by atoms with E-state index in [9.17, 15) is 18.0 Å². The fraction of sp³-hybridized carbons (Fsp3) is 0.519. The average Bonchev–Trinajstić information content (AvgIpc) is 3.14. The van der Waals surface area contributed by atoms with Crippen molar-refractivity contribution in [3.05, 3.63) is 52.2 Å². The van der Waals surface area contributed by atoms with Crippen molar-refractivity contribution >= 4 is 27.5 Å². The first-order valence-corrected chi connectivity index (χ1v) is 13.7. The van der Waals surface area contributed by atoms with Crippen LogP contribution in [0.3, 0.4) is 0 Å². The number of alkyl halides is 3. The molecular formula is C27H31F3N4O3S. The van der Waals surface area contributed by atoms with E-state index in [-0.39, 0.29) is 23.9 Å². The van der Waals surface area contributed by atoms with Crippen LogP contribution in [-0.4, -0.2) is 71.9 Å². The number of halogens is 3. The molecule has 2 aliphatic rings. The molecule has 0 radical (unpaired) electrons. The van der Waals surface area contributed by atoms with Gasteiger partial charge in [-0.2, -0.15) is 13.2 Å². The Labute approximate surface area is 223 Å². The molecule has 0 bridgehead atoms. The molecule has 11 heteroatoms. The normalized spacial score (nSPS) is 20.6. The lowest BCUT2D eigenvalue weighted by Crippen LogP contribution is -2.43. The molecule has 0 spiro atoms. The number of ether oxygens (including phenoxy) is 2. The minimum absolute atomic E-state index is 0.00911. The first kappa shape index (κ1) is 26.8. The number of benzene rings is 1. The van der Waals surface area contributed by atoms with Gasteiger partial charge in [-0.25, -0.2) is 9.97 Å². The van der Waals surface area contributed by atoms with Gasteiger partial charge in [0.25, 0.3) is 5.91 Å². The number of rotatable bonds is 7. The molecular weight excluding hydrogens is 517 g/mol. The number of aromatic nitrogens is 2. The molecule has 2 atom stereocenters. The lowest BCUT2D eigenvalue weighted by molar-refractivity contribution is -0.154. The quantitative estimate of drug-likeness (QED) is 0.461. The van der Waals surface area contributed by atoms with E-state index >= 15 is 0 Å². The Morgan fingerprint density at radius 2 is 2.03 bits per heavy atom. The summed E-state index contributed by atoms with van der Waals surface area (Å²) >= 11 is 1.58. The summed E-state index contributed by atoms with van der Waals surface area (Å²) in [6.45, 7) is 3.65. The van der Waals surface area contributed by atoms with Crippen LogP contribution in [0, 0.1) is 6.92 Å². The summed E-state index contributed by atoms with van der Waals surface area (Å²) < 4.78 is 49.2. The first-order valence-electron chi connectivity index (χ1n) is 12.9. The highest BCUT2D eigenvalue weighted by Crippen LogP contribution is 2.24. The Morgan fingerprint density at radius 1 is 1.18 bits per heavy atom. The van der Waals surface area contributed by atoms with Crippen molar-refractivity contribution in [2.75, 3.05) is 32.8 Å². The largest absolute Gasteiger partial charge is 0.468 e. The van der Waals surface area contributed by atoms with Crippen LogP contribution in [0.1, 0.15) is 45.9 Å². The van der Waals surface area contributed by atoms with Crippen molar-refractivity contribution in [2.24, 2.45) is 0 Å². The summed E-state index contributed by atoms with van der Waals surface area (Å²) in [5.74, 6) is -0.0688. The van der Waals surface area contributed by atoms with Gasteiger partial charge < -0.3 is 19.7 Å². The SMILES string of the molecule is Cc1nc2ccc(C(=O)N[C@H]3CC[C@H](CCN4CCc5ccc(OCC(F)(F)F)nc5CC4)OC3)cc2s1. The Balaban J connectivity index is 1.04. The van der Waals surface area contributed by atoms with E-state index in [0.717, 1.165) is 71.8 Å². The molecule has 4 heterocycles. The smallest absolute Gasteiger partial charge is 0.422 e. The molecule has 7 nitrogen and oxygen atoms in total. The van der Waals surface area contributed by atoms with Crippen LogP contribution in [-0.2, 0) is 17.6 Å². The van der Waals surface area contributed by atoms with E-state index in [1.807, 2.05) is 31.2 Å². The molecule has 204 valence electrons. The van der Waals surface area contributed by atoms with Gasteiger partial charge in [0, 0.05) is 43.4 Å². The minimum Gasteiger partial charge on any atom is -0.468 e. The van der Waals surface area contributed by atoms with E-state index in [1.165, 1.54) is 6.07 Å². The maximum absolute atomic E-state index is 12.8. The van der Waals surface area contributed by atoms with E-state index < -0.39 is 12.8 Å². The summed E-state index contributed by atoms with van der Waals surface area (Å²) in [7, 11) is 0. The molecule has 38 heavy (non-hydrogen) atoms. The van der Waals surface area contributed by atoms with Crippen LogP contribution < -0.4 is 10.1 Å². The molecule has 1 amide bonds. The highest BCUT2D eigenvalue weighted by atomic mass is 32.1. The first-order chi connectivity index (χ1) is 18.2. The van der Waals surface area contributed by atoms with Gasteiger partial charge >= 0.3 is 6.18 Å². The van der Waals surface area contributed by atoms with Gasteiger partial charge in [0.05, 0.1) is 34.0 Å². The highest BCUT2D eigenvalue weighted by Gasteiger charge is 2.29. The molecule has 5 rings (SSSR count). The molecule has 2 aromatic heterocycles. The molecule has 1 saturated heterocycles. The molecule has 1 fully saturated rings. The van der Waals surface area contributed by atoms with Gasteiger partial charge in [-0.15, -0.1) is 11.3 Å². The number of hydrogen-bond donors (Lipinski definition) is 1. The number of hydrogen-bond acceptors (Lipinski definition) is 7. The number of nitrogens with zero attached hydrogens (tertiary/aromatic N) is 3. The number of carbonyl (C=O) groups excluding carboxylic acids is 1. The third-order valence-electron chi connectivity index (χ3n) is 7.02. The van der Waals surface area contributed by atoms with Crippen LogP contribution >= 0.6 is 11.3 Å². The second-order valence-corrected chi connectivity index (χ2v) is 11.1. The predicted octanol–water partition coefficient (Wildman–Crippen LogP) is 4.71. The maximum atomic E-state index is 12.8. The van der Waals surface area contributed by atoms with Crippen molar-refractivity contribution in [1.82, 2.24) is 20.2 Å². The van der Waals surface area contributed by atoms with Crippen molar-refractivity contribution in [3.8, 4) is 5.88 Å². The molecule has 0 saturated carbocycles. The number of nitrogens with one attached hydrogen (secondary N) is 1. The van der Waals surface area contributed by atoms with Gasteiger partial charge in [-0.3, -0.25) is 4.79 Å². The summed E-state index contributed by atoms with van der Waals surface area (Å²) in [5.41, 5.74) is 3.42. The van der Waals surface area contributed by atoms with E-state index in [4.69, 9.17) is 9.47 Å². The average molecular weight is 549 g/mol. The van der Waals surface area contributed by atoms with Crippen molar-refractivity contribution in [3.63, 3.8) is 0 Å². The summed E-state index contributed by atoms with van der Waals surface area (Å²) in [6, 6.07) is 8.93. The van der Waals surface area contributed by atoms with Crippen LogP contribution in [0.15, 0.2) is 30.3 Å². The summed E-state index contributed by atoms with van der Waals surface area (Å²) in [4.78, 5) is 23.9. The summed E-state index contributed by atoms with van der Waals surface area (Å²) in [6.07, 6.45) is -0.118. The topological polar surface area (TPSA) is 76.6 Å². The van der Waals surface area contributed by atoms with Gasteiger partial charge in [0.1, 0.15) is 0 Å². The Morgan fingerprint density at radius 3 is 2.82 bits per heavy atom. The van der Waals surface area contributed by atoms with Crippen LogP contribution in [0.2, 0.25) is 0 Å². The standard InChI is InChI=1S/C27H31F3N4O3S/c1-17-31-23-6-2-19(14-24(23)38-17)26(35)32-20-4-5-21(36-15-20)9-12-34-11-8-18-3-7-25(33-22(18)10-13-34)37-16-27(28,29)30/h2-3,6-7,14,20-21H,4-5,8-13,15-16H2,1H3,(H,32,35)/t20-,21+/m0/s1. The molecule has 0 aliphatic carbocycles. The number of pyridine rings is 1. The summed E-state index contributed by atoms with van der Waals surface area (Å²) in [5, 5.41) is 4.08. The molecule has 3 aromatic rings. The van der Waals surface area contributed by atoms with Crippen LogP contribution in [0.5, 0.6) is 5.88 Å². The van der Waals surface area contributed by atoms with Gasteiger partial charge in [-0.05, 0) is 56.4 Å². The lowest BCUT2D eigenvalue weighted by atomic mass is 10.0. The van der Waals surface area contributed by atoms with E-state index in [2.05, 4.69) is 20.2 Å². The zero-order valence-corrected chi connectivity index (χ0v) is 22.0. The van der Waals surface area contributed by atoms with Crippen molar-refractivity contribution in [2.45, 2.75) is 57.3 Å². The second kappa shape index (κ2) is 11.5. The zero-order chi connectivity index (χ0) is 26.7. The van der Waals surface area contributed by atoms with E-state index in [0.29, 0.717) is 18.6 Å². The zero-order valence-electron chi connectivity index (χ0n) is 21.2.